The van der Waals surface area contributed by atoms with Gasteiger partial charge in [-0.15, -0.1) is 11.8 Å². The molecule has 86 valence electrons. The third kappa shape index (κ3) is 2.24. The van der Waals surface area contributed by atoms with Gasteiger partial charge in [-0.05, 0) is 49.1 Å². The third-order valence-corrected chi connectivity index (χ3v) is 4.99. The molecule has 0 spiro atoms. The van der Waals surface area contributed by atoms with Crippen LogP contribution in [0, 0.1) is 5.92 Å². The van der Waals surface area contributed by atoms with Crippen molar-refractivity contribution < 1.29 is 0 Å². The molecule has 3 rings (SSSR count). The van der Waals surface area contributed by atoms with Gasteiger partial charge in [-0.2, -0.15) is 0 Å². The topological polar surface area (TPSA) is 12.0 Å². The van der Waals surface area contributed by atoms with Crippen molar-refractivity contribution in [1.82, 2.24) is 5.32 Å². The fourth-order valence-electron chi connectivity index (χ4n) is 2.23. The van der Waals surface area contributed by atoms with Gasteiger partial charge in [0.2, 0.25) is 0 Å². The van der Waals surface area contributed by atoms with Crippen LogP contribution in [0.3, 0.4) is 0 Å². The van der Waals surface area contributed by atoms with E-state index < -0.39 is 0 Å². The van der Waals surface area contributed by atoms with E-state index in [1.807, 2.05) is 17.8 Å². The predicted octanol–water partition coefficient (Wildman–Crippen LogP) is 3.88. The maximum atomic E-state index is 6.23. The molecule has 0 aromatic heterocycles. The Morgan fingerprint density at radius 3 is 3.00 bits per heavy atom. The van der Waals surface area contributed by atoms with Gasteiger partial charge in [0, 0.05) is 10.9 Å². The molecule has 0 amide bonds. The first-order chi connectivity index (χ1) is 7.84. The molecule has 2 aliphatic rings. The quantitative estimate of drug-likeness (QED) is 0.878. The van der Waals surface area contributed by atoms with Gasteiger partial charge in [0.05, 0.1) is 5.02 Å². The maximum absolute atomic E-state index is 6.23. The van der Waals surface area contributed by atoms with E-state index in [1.165, 1.54) is 42.0 Å². The van der Waals surface area contributed by atoms with Crippen molar-refractivity contribution >= 4 is 23.4 Å². The van der Waals surface area contributed by atoms with E-state index in [4.69, 9.17) is 11.6 Å². The number of benzene rings is 1. The van der Waals surface area contributed by atoms with Crippen molar-refractivity contribution in [3.05, 3.63) is 28.8 Å². The Bertz CT molecular complexity index is 390. The molecule has 1 aliphatic heterocycles. The summed E-state index contributed by atoms with van der Waals surface area (Å²) in [6, 6.07) is 6.81. The lowest BCUT2D eigenvalue weighted by Gasteiger charge is -2.26. The number of hydrogen-bond donors (Lipinski definition) is 1. The molecule has 1 aromatic rings. The van der Waals surface area contributed by atoms with Crippen LogP contribution in [0.15, 0.2) is 23.1 Å². The van der Waals surface area contributed by atoms with Crippen LogP contribution in [-0.2, 0) is 0 Å². The second-order valence-electron chi connectivity index (χ2n) is 4.70. The highest BCUT2D eigenvalue weighted by Crippen LogP contribution is 2.40. The van der Waals surface area contributed by atoms with Gasteiger partial charge in [0.15, 0.2) is 0 Å². The van der Waals surface area contributed by atoms with E-state index in [-0.39, 0.29) is 0 Å². The summed E-state index contributed by atoms with van der Waals surface area (Å²) in [4.78, 5) is 1.30. The molecule has 0 saturated heterocycles. The maximum Gasteiger partial charge on any atom is 0.0545 e. The van der Waals surface area contributed by atoms with Crippen molar-refractivity contribution in [2.45, 2.75) is 30.2 Å². The lowest BCUT2D eigenvalue weighted by atomic mass is 10.0. The Morgan fingerprint density at radius 1 is 1.31 bits per heavy atom. The minimum atomic E-state index is 0.524. The van der Waals surface area contributed by atoms with E-state index in [0.717, 1.165) is 10.9 Å². The minimum Gasteiger partial charge on any atom is -0.310 e. The molecule has 0 radical (unpaired) electrons. The Balaban J connectivity index is 1.78. The molecular formula is C13H16ClNS. The van der Waals surface area contributed by atoms with Gasteiger partial charge in [0.25, 0.3) is 0 Å². The van der Waals surface area contributed by atoms with Gasteiger partial charge >= 0.3 is 0 Å². The van der Waals surface area contributed by atoms with Crippen LogP contribution in [0.4, 0.5) is 0 Å². The van der Waals surface area contributed by atoms with E-state index in [0.29, 0.717) is 6.04 Å². The molecule has 1 fully saturated rings. The van der Waals surface area contributed by atoms with Crippen LogP contribution in [0.25, 0.3) is 0 Å². The Morgan fingerprint density at radius 2 is 2.19 bits per heavy atom. The van der Waals surface area contributed by atoms with Gasteiger partial charge in [-0.3, -0.25) is 0 Å². The summed E-state index contributed by atoms with van der Waals surface area (Å²) in [5.41, 5.74) is 1.41. The average molecular weight is 254 g/mol. The monoisotopic (exact) mass is 253 g/mol. The Kier molecular flexibility index (Phi) is 3.14. The van der Waals surface area contributed by atoms with Crippen LogP contribution in [0.1, 0.15) is 30.9 Å². The molecule has 1 atom stereocenters. The zero-order chi connectivity index (χ0) is 11.0. The molecule has 1 N–H and O–H groups in total. The van der Waals surface area contributed by atoms with Gasteiger partial charge in [-0.1, -0.05) is 23.7 Å². The fourth-order valence-corrected chi connectivity index (χ4v) is 3.72. The van der Waals surface area contributed by atoms with E-state index in [9.17, 15) is 0 Å². The summed E-state index contributed by atoms with van der Waals surface area (Å²) in [6.07, 6.45) is 4.05. The number of thioether (sulfide) groups is 1. The number of nitrogens with one attached hydrogen (secondary N) is 1. The van der Waals surface area contributed by atoms with Crippen molar-refractivity contribution in [1.29, 1.82) is 0 Å². The summed E-state index contributed by atoms with van der Waals surface area (Å²) in [6.45, 7) is 1.18. The molecule has 1 aromatic carbocycles. The van der Waals surface area contributed by atoms with Gasteiger partial charge in [0.1, 0.15) is 0 Å². The summed E-state index contributed by atoms with van der Waals surface area (Å²) in [5.74, 6) is 2.12. The van der Waals surface area contributed by atoms with Crippen molar-refractivity contribution in [2.24, 2.45) is 5.92 Å². The SMILES string of the molecule is Clc1cccc2c1SCCC2NCC1CC1. The van der Waals surface area contributed by atoms with Gasteiger partial charge < -0.3 is 5.32 Å². The summed E-state index contributed by atoms with van der Waals surface area (Å²) >= 11 is 8.13. The van der Waals surface area contributed by atoms with Crippen LogP contribution in [0.2, 0.25) is 5.02 Å². The summed E-state index contributed by atoms with van der Waals surface area (Å²) in [5, 5.41) is 4.61. The van der Waals surface area contributed by atoms with Crippen LogP contribution >= 0.6 is 23.4 Å². The predicted molar refractivity (Wildman–Crippen MR) is 70.3 cm³/mol. The first-order valence-electron chi connectivity index (χ1n) is 5.99. The van der Waals surface area contributed by atoms with Crippen molar-refractivity contribution in [3.63, 3.8) is 0 Å². The smallest absolute Gasteiger partial charge is 0.0545 e. The van der Waals surface area contributed by atoms with Crippen LogP contribution < -0.4 is 5.32 Å². The third-order valence-electron chi connectivity index (χ3n) is 3.38. The molecule has 16 heavy (non-hydrogen) atoms. The zero-order valence-corrected chi connectivity index (χ0v) is 10.8. The normalized spacial score (nSPS) is 24.2. The molecular weight excluding hydrogens is 238 g/mol. The number of halogens is 1. The molecule has 1 saturated carbocycles. The van der Waals surface area contributed by atoms with E-state index in [2.05, 4.69) is 17.4 Å². The second kappa shape index (κ2) is 4.59. The second-order valence-corrected chi connectivity index (χ2v) is 6.21. The lowest BCUT2D eigenvalue weighted by Crippen LogP contribution is -2.26. The average Bonchev–Trinajstić information content (AvgIpc) is 3.11. The highest BCUT2D eigenvalue weighted by atomic mass is 35.5. The highest BCUT2D eigenvalue weighted by molar-refractivity contribution is 7.99. The van der Waals surface area contributed by atoms with E-state index in [1.54, 1.807) is 0 Å². The first kappa shape index (κ1) is 10.9. The minimum absolute atomic E-state index is 0.524. The van der Waals surface area contributed by atoms with E-state index >= 15 is 0 Å². The molecule has 1 nitrogen and oxygen atoms in total. The first-order valence-corrected chi connectivity index (χ1v) is 7.35. The molecule has 0 bridgehead atoms. The number of fused-ring (bicyclic) bond motifs is 1. The molecule has 1 heterocycles. The highest BCUT2D eigenvalue weighted by Gasteiger charge is 2.26. The lowest BCUT2D eigenvalue weighted by molar-refractivity contribution is 0.495. The molecule has 1 unspecified atom stereocenters. The van der Waals surface area contributed by atoms with Crippen LogP contribution in [0.5, 0.6) is 0 Å². The standard InChI is InChI=1S/C13H16ClNS/c14-11-3-1-2-10-12(6-7-16-13(10)11)15-8-9-4-5-9/h1-3,9,12,15H,4-8H2. The Hall–Kier alpha value is -0.180. The van der Waals surface area contributed by atoms with Gasteiger partial charge in [-0.25, -0.2) is 0 Å². The largest absolute Gasteiger partial charge is 0.310 e. The molecule has 1 aliphatic carbocycles. The summed E-state index contributed by atoms with van der Waals surface area (Å²) in [7, 11) is 0. The van der Waals surface area contributed by atoms with Crippen molar-refractivity contribution in [3.8, 4) is 0 Å². The number of rotatable bonds is 3. The Labute approximate surface area is 106 Å². The molecule has 3 heteroatoms. The summed E-state index contributed by atoms with van der Waals surface area (Å²) < 4.78 is 0. The van der Waals surface area contributed by atoms with Crippen molar-refractivity contribution in [2.75, 3.05) is 12.3 Å². The zero-order valence-electron chi connectivity index (χ0n) is 9.21. The fraction of sp³-hybridized carbons (Fsp3) is 0.538. The van der Waals surface area contributed by atoms with Crippen LogP contribution in [-0.4, -0.2) is 12.3 Å². The number of hydrogen-bond acceptors (Lipinski definition) is 2.